The van der Waals surface area contributed by atoms with Gasteiger partial charge in [-0.1, -0.05) is 6.92 Å². The van der Waals surface area contributed by atoms with Crippen LogP contribution in [0, 0.1) is 11.6 Å². The van der Waals surface area contributed by atoms with Crippen molar-refractivity contribution in [1.82, 2.24) is 5.32 Å². The van der Waals surface area contributed by atoms with E-state index in [9.17, 15) is 8.78 Å². The Morgan fingerprint density at radius 2 is 2.06 bits per heavy atom. The quantitative estimate of drug-likeness (QED) is 0.799. The topological polar surface area (TPSA) is 24.1 Å². The van der Waals surface area contributed by atoms with Crippen molar-refractivity contribution in [3.63, 3.8) is 0 Å². The molecule has 0 saturated heterocycles. The van der Waals surface area contributed by atoms with Gasteiger partial charge in [-0.25, -0.2) is 8.78 Å². The Kier molecular flexibility index (Phi) is 4.61. The summed E-state index contributed by atoms with van der Waals surface area (Å²) in [7, 11) is 0. The lowest BCUT2D eigenvalue weighted by Crippen LogP contribution is -2.35. The molecular formula is C11H14F2N2S. The van der Waals surface area contributed by atoms with E-state index in [0.29, 0.717) is 10.8 Å². The number of rotatable bonds is 3. The molecule has 0 radical (unpaired) electrons. The van der Waals surface area contributed by atoms with Gasteiger partial charge in [0.2, 0.25) is 0 Å². The number of hydrogen-bond donors (Lipinski definition) is 2. The number of halogens is 2. The Bertz CT molecular complexity index is 382. The van der Waals surface area contributed by atoms with Gasteiger partial charge < -0.3 is 10.6 Å². The summed E-state index contributed by atoms with van der Waals surface area (Å²) in [5, 5.41) is 6.21. The minimum absolute atomic E-state index is 0.241. The third kappa shape index (κ3) is 3.73. The smallest absolute Gasteiger partial charge is 0.170 e. The molecule has 1 aromatic rings. The van der Waals surface area contributed by atoms with E-state index in [-0.39, 0.29) is 6.04 Å². The van der Waals surface area contributed by atoms with Crippen LogP contribution >= 0.6 is 12.2 Å². The summed E-state index contributed by atoms with van der Waals surface area (Å²) in [5.41, 5.74) is 0.430. The van der Waals surface area contributed by atoms with Crippen LogP contribution in [0.4, 0.5) is 14.5 Å². The molecule has 0 saturated carbocycles. The van der Waals surface area contributed by atoms with Crippen LogP contribution in [0.2, 0.25) is 0 Å². The molecule has 0 fully saturated rings. The minimum atomic E-state index is -0.892. The molecule has 0 aliphatic heterocycles. The maximum absolute atomic E-state index is 12.9. The zero-order chi connectivity index (χ0) is 12.1. The Labute approximate surface area is 99.0 Å². The third-order valence-corrected chi connectivity index (χ3v) is 2.39. The van der Waals surface area contributed by atoms with Gasteiger partial charge in [0.05, 0.1) is 0 Å². The van der Waals surface area contributed by atoms with E-state index in [1.54, 1.807) is 0 Å². The van der Waals surface area contributed by atoms with Crippen molar-refractivity contribution in [3.05, 3.63) is 29.8 Å². The van der Waals surface area contributed by atoms with Gasteiger partial charge in [-0.05, 0) is 37.7 Å². The van der Waals surface area contributed by atoms with E-state index in [2.05, 4.69) is 10.6 Å². The number of thiocarbonyl (C=S) groups is 1. The standard InChI is InChI=1S/C11H14F2N2S/c1-3-7(2)14-11(16)15-8-4-5-9(12)10(13)6-8/h4-7H,3H2,1-2H3,(H2,14,15,16). The van der Waals surface area contributed by atoms with Gasteiger partial charge in [-0.2, -0.15) is 0 Å². The van der Waals surface area contributed by atoms with Crippen LogP contribution < -0.4 is 10.6 Å². The predicted molar refractivity (Wildman–Crippen MR) is 65.5 cm³/mol. The average molecular weight is 244 g/mol. The predicted octanol–water partition coefficient (Wildman–Crippen LogP) is 3.05. The lowest BCUT2D eigenvalue weighted by Gasteiger charge is -2.15. The van der Waals surface area contributed by atoms with E-state index >= 15 is 0 Å². The van der Waals surface area contributed by atoms with Gasteiger partial charge in [0.15, 0.2) is 16.7 Å². The number of hydrogen-bond acceptors (Lipinski definition) is 1. The zero-order valence-electron chi connectivity index (χ0n) is 9.18. The molecule has 1 unspecified atom stereocenters. The van der Waals surface area contributed by atoms with Gasteiger partial charge in [0.25, 0.3) is 0 Å². The van der Waals surface area contributed by atoms with E-state index < -0.39 is 11.6 Å². The normalized spacial score (nSPS) is 12.0. The summed E-state index contributed by atoms with van der Waals surface area (Å²) in [6.45, 7) is 4.01. The highest BCUT2D eigenvalue weighted by Crippen LogP contribution is 2.12. The van der Waals surface area contributed by atoms with Gasteiger partial charge in [-0.3, -0.25) is 0 Å². The molecule has 0 bridgehead atoms. The Hall–Kier alpha value is -1.23. The van der Waals surface area contributed by atoms with Crippen molar-refractivity contribution in [2.24, 2.45) is 0 Å². The highest BCUT2D eigenvalue weighted by atomic mass is 32.1. The summed E-state index contributed by atoms with van der Waals surface area (Å²) in [6, 6.07) is 3.80. The van der Waals surface area contributed by atoms with Crippen molar-refractivity contribution in [1.29, 1.82) is 0 Å². The highest BCUT2D eigenvalue weighted by molar-refractivity contribution is 7.80. The SMILES string of the molecule is CCC(C)NC(=S)Nc1ccc(F)c(F)c1. The molecule has 0 aliphatic carbocycles. The van der Waals surface area contributed by atoms with Crippen LogP contribution in [0.5, 0.6) is 0 Å². The van der Waals surface area contributed by atoms with Crippen molar-refractivity contribution in [2.75, 3.05) is 5.32 Å². The van der Waals surface area contributed by atoms with Crippen LogP contribution in [0.25, 0.3) is 0 Å². The molecule has 1 rings (SSSR count). The van der Waals surface area contributed by atoms with Crippen LogP contribution in [-0.2, 0) is 0 Å². The summed E-state index contributed by atoms with van der Waals surface area (Å²) < 4.78 is 25.5. The first-order valence-electron chi connectivity index (χ1n) is 5.05. The molecule has 0 spiro atoms. The van der Waals surface area contributed by atoms with E-state index in [1.165, 1.54) is 6.07 Å². The van der Waals surface area contributed by atoms with Crippen molar-refractivity contribution >= 4 is 23.0 Å². The first kappa shape index (κ1) is 12.8. The molecule has 1 aromatic carbocycles. The number of benzene rings is 1. The zero-order valence-corrected chi connectivity index (χ0v) is 10.00. The molecule has 0 aromatic heterocycles. The lowest BCUT2D eigenvalue weighted by molar-refractivity contribution is 0.509. The monoisotopic (exact) mass is 244 g/mol. The first-order valence-corrected chi connectivity index (χ1v) is 5.46. The maximum atomic E-state index is 12.9. The fraction of sp³-hybridized carbons (Fsp3) is 0.364. The molecule has 0 amide bonds. The van der Waals surface area contributed by atoms with E-state index in [4.69, 9.17) is 12.2 Å². The summed E-state index contributed by atoms with van der Waals surface area (Å²) in [4.78, 5) is 0. The fourth-order valence-electron chi connectivity index (χ4n) is 1.07. The van der Waals surface area contributed by atoms with Crippen LogP contribution in [0.15, 0.2) is 18.2 Å². The largest absolute Gasteiger partial charge is 0.360 e. The molecule has 2 nitrogen and oxygen atoms in total. The summed E-state index contributed by atoms with van der Waals surface area (Å²) >= 11 is 5.02. The molecular weight excluding hydrogens is 230 g/mol. The molecule has 0 heterocycles. The van der Waals surface area contributed by atoms with Gasteiger partial charge in [-0.15, -0.1) is 0 Å². The lowest BCUT2D eigenvalue weighted by atomic mass is 10.3. The Morgan fingerprint density at radius 1 is 1.38 bits per heavy atom. The van der Waals surface area contributed by atoms with Crippen LogP contribution in [-0.4, -0.2) is 11.2 Å². The third-order valence-electron chi connectivity index (χ3n) is 2.17. The fourth-order valence-corrected chi connectivity index (χ4v) is 1.39. The number of anilines is 1. The highest BCUT2D eigenvalue weighted by Gasteiger charge is 2.05. The molecule has 88 valence electrons. The van der Waals surface area contributed by atoms with Crippen molar-refractivity contribution in [2.45, 2.75) is 26.3 Å². The van der Waals surface area contributed by atoms with Gasteiger partial charge in [0.1, 0.15) is 0 Å². The Morgan fingerprint density at radius 3 is 2.62 bits per heavy atom. The minimum Gasteiger partial charge on any atom is -0.360 e. The molecule has 5 heteroatoms. The molecule has 2 N–H and O–H groups in total. The maximum Gasteiger partial charge on any atom is 0.170 e. The van der Waals surface area contributed by atoms with E-state index in [0.717, 1.165) is 18.6 Å². The van der Waals surface area contributed by atoms with Crippen molar-refractivity contribution < 1.29 is 8.78 Å². The van der Waals surface area contributed by atoms with Crippen LogP contribution in [0.3, 0.4) is 0 Å². The van der Waals surface area contributed by atoms with Gasteiger partial charge >= 0.3 is 0 Å². The summed E-state index contributed by atoms with van der Waals surface area (Å²) in [5.74, 6) is -1.76. The summed E-state index contributed by atoms with van der Waals surface area (Å²) in [6.07, 6.45) is 0.930. The Balaban J connectivity index is 2.59. The van der Waals surface area contributed by atoms with E-state index in [1.807, 2.05) is 13.8 Å². The second kappa shape index (κ2) is 5.75. The van der Waals surface area contributed by atoms with Gasteiger partial charge in [0, 0.05) is 17.8 Å². The first-order chi connectivity index (χ1) is 7.52. The molecule has 1 atom stereocenters. The number of nitrogens with one attached hydrogen (secondary N) is 2. The molecule has 16 heavy (non-hydrogen) atoms. The second-order valence-electron chi connectivity index (χ2n) is 3.54. The second-order valence-corrected chi connectivity index (χ2v) is 3.94. The molecule has 0 aliphatic rings. The van der Waals surface area contributed by atoms with Crippen molar-refractivity contribution in [3.8, 4) is 0 Å². The van der Waals surface area contributed by atoms with Crippen LogP contribution in [0.1, 0.15) is 20.3 Å². The average Bonchev–Trinajstić information content (AvgIpc) is 2.23.